The van der Waals surface area contributed by atoms with Gasteiger partial charge < -0.3 is 10.4 Å². The van der Waals surface area contributed by atoms with E-state index in [0.717, 1.165) is 29.8 Å². The van der Waals surface area contributed by atoms with Crippen molar-refractivity contribution in [3.8, 4) is 5.75 Å². The first kappa shape index (κ1) is 13.0. The molecule has 0 saturated carbocycles. The molecule has 96 valence electrons. The fourth-order valence-corrected chi connectivity index (χ4v) is 2.78. The van der Waals surface area contributed by atoms with Gasteiger partial charge in [0.2, 0.25) is 0 Å². The Labute approximate surface area is 112 Å². The summed E-state index contributed by atoms with van der Waals surface area (Å²) in [6, 6.07) is 8.18. The van der Waals surface area contributed by atoms with Gasteiger partial charge in [-0.2, -0.15) is 0 Å². The van der Waals surface area contributed by atoms with Gasteiger partial charge >= 0.3 is 0 Å². The number of aromatic hydroxyl groups is 1. The van der Waals surface area contributed by atoms with E-state index in [4.69, 9.17) is 0 Å². The Kier molecular flexibility index (Phi) is 3.92. The predicted octanol–water partition coefficient (Wildman–Crippen LogP) is 4.25. The van der Waals surface area contributed by atoms with Crippen LogP contribution in [-0.4, -0.2) is 5.11 Å². The lowest BCUT2D eigenvalue weighted by atomic mass is 10.1. The summed E-state index contributed by atoms with van der Waals surface area (Å²) in [6.45, 7) is 6.94. The van der Waals surface area contributed by atoms with E-state index in [-0.39, 0.29) is 0 Å². The van der Waals surface area contributed by atoms with Gasteiger partial charge in [-0.15, -0.1) is 11.3 Å². The molecule has 0 unspecified atom stereocenters. The Morgan fingerprint density at radius 1 is 1.11 bits per heavy atom. The Hall–Kier alpha value is -1.48. The predicted molar refractivity (Wildman–Crippen MR) is 78.6 cm³/mol. The van der Waals surface area contributed by atoms with Crippen LogP contribution in [0.4, 0.5) is 5.69 Å². The molecule has 2 N–H and O–H groups in total. The van der Waals surface area contributed by atoms with Gasteiger partial charge in [-0.3, -0.25) is 0 Å². The summed E-state index contributed by atoms with van der Waals surface area (Å²) in [7, 11) is 0. The Morgan fingerprint density at radius 2 is 1.83 bits per heavy atom. The Bertz CT molecular complexity index is 545. The minimum absolute atomic E-state index is 0.363. The van der Waals surface area contributed by atoms with Crippen LogP contribution in [0.15, 0.2) is 24.3 Å². The molecule has 0 amide bonds. The molecule has 0 aliphatic rings. The minimum atomic E-state index is 0.363. The molecule has 0 atom stereocenters. The molecule has 0 fully saturated rings. The molecule has 0 aliphatic heterocycles. The molecule has 1 aromatic carbocycles. The summed E-state index contributed by atoms with van der Waals surface area (Å²) in [4.78, 5) is 2.77. The van der Waals surface area contributed by atoms with Gasteiger partial charge in [0.05, 0.1) is 0 Å². The van der Waals surface area contributed by atoms with Gasteiger partial charge in [0.1, 0.15) is 5.75 Å². The van der Waals surface area contributed by atoms with Crippen molar-refractivity contribution >= 4 is 17.0 Å². The number of hydrogen-bond donors (Lipinski definition) is 2. The summed E-state index contributed by atoms with van der Waals surface area (Å²) < 4.78 is 0. The van der Waals surface area contributed by atoms with E-state index < -0.39 is 0 Å². The highest BCUT2D eigenvalue weighted by molar-refractivity contribution is 7.12. The number of aryl methyl sites for hydroxylation is 3. The van der Waals surface area contributed by atoms with E-state index in [9.17, 15) is 5.11 Å². The van der Waals surface area contributed by atoms with Crippen molar-refractivity contribution in [2.45, 2.75) is 33.7 Å². The Morgan fingerprint density at radius 3 is 2.50 bits per heavy atom. The maximum absolute atomic E-state index is 9.62. The molecule has 1 aromatic heterocycles. The first-order valence-electron chi connectivity index (χ1n) is 6.22. The smallest absolute Gasteiger partial charge is 0.118 e. The van der Waals surface area contributed by atoms with Crippen LogP contribution in [-0.2, 0) is 13.0 Å². The van der Waals surface area contributed by atoms with E-state index in [1.165, 1.54) is 9.75 Å². The van der Waals surface area contributed by atoms with Gasteiger partial charge in [0.25, 0.3) is 0 Å². The number of hydrogen-bond acceptors (Lipinski definition) is 3. The van der Waals surface area contributed by atoms with Crippen LogP contribution in [0.3, 0.4) is 0 Å². The van der Waals surface area contributed by atoms with Crippen LogP contribution < -0.4 is 5.32 Å². The first-order valence-corrected chi connectivity index (χ1v) is 7.03. The van der Waals surface area contributed by atoms with Gasteiger partial charge in [-0.05, 0) is 55.7 Å². The summed E-state index contributed by atoms with van der Waals surface area (Å²) in [6.07, 6.45) is 1.10. The lowest BCUT2D eigenvalue weighted by Crippen LogP contribution is -1.99. The second-order valence-corrected chi connectivity index (χ2v) is 5.78. The van der Waals surface area contributed by atoms with Gasteiger partial charge in [0, 0.05) is 22.0 Å². The number of nitrogens with one attached hydrogen (secondary N) is 1. The van der Waals surface area contributed by atoms with Gasteiger partial charge in [0.15, 0.2) is 0 Å². The monoisotopic (exact) mass is 261 g/mol. The van der Waals surface area contributed by atoms with Crippen molar-refractivity contribution in [1.82, 2.24) is 0 Å². The van der Waals surface area contributed by atoms with Crippen molar-refractivity contribution in [2.75, 3.05) is 5.32 Å². The number of phenols is 1. The van der Waals surface area contributed by atoms with E-state index in [1.54, 1.807) is 0 Å². The van der Waals surface area contributed by atoms with Crippen molar-refractivity contribution in [2.24, 2.45) is 0 Å². The molecule has 0 spiro atoms. The highest BCUT2D eigenvalue weighted by Gasteiger charge is 2.04. The van der Waals surface area contributed by atoms with E-state index in [0.29, 0.717) is 5.75 Å². The SMILES string of the molecule is CCc1ccc(CNc2cc(C)c(O)cc2C)s1. The van der Waals surface area contributed by atoms with Gasteiger partial charge in [-0.1, -0.05) is 6.92 Å². The Balaban J connectivity index is 2.08. The van der Waals surface area contributed by atoms with Crippen molar-refractivity contribution in [3.05, 3.63) is 45.1 Å². The fraction of sp³-hybridized carbons (Fsp3) is 0.333. The van der Waals surface area contributed by atoms with Crippen LogP contribution in [0.2, 0.25) is 0 Å². The lowest BCUT2D eigenvalue weighted by Gasteiger charge is -2.10. The lowest BCUT2D eigenvalue weighted by molar-refractivity contribution is 0.471. The third-order valence-corrected chi connectivity index (χ3v) is 4.29. The summed E-state index contributed by atoms with van der Waals surface area (Å²) in [5.74, 6) is 0.363. The topological polar surface area (TPSA) is 32.3 Å². The molecular weight excluding hydrogens is 242 g/mol. The van der Waals surface area contributed by atoms with Crippen LogP contribution in [0.1, 0.15) is 27.8 Å². The molecule has 0 aliphatic carbocycles. The van der Waals surface area contributed by atoms with Crippen LogP contribution in [0.25, 0.3) is 0 Å². The highest BCUT2D eigenvalue weighted by atomic mass is 32.1. The minimum Gasteiger partial charge on any atom is -0.508 e. The average molecular weight is 261 g/mol. The molecule has 0 radical (unpaired) electrons. The second-order valence-electron chi connectivity index (χ2n) is 4.53. The van der Waals surface area contributed by atoms with Gasteiger partial charge in [-0.25, -0.2) is 0 Å². The average Bonchev–Trinajstić information content (AvgIpc) is 2.80. The molecular formula is C15H19NOS. The number of phenolic OH excluding ortho intramolecular Hbond substituents is 1. The molecule has 2 nitrogen and oxygen atoms in total. The highest BCUT2D eigenvalue weighted by Crippen LogP contribution is 2.26. The maximum Gasteiger partial charge on any atom is 0.118 e. The van der Waals surface area contributed by atoms with E-state index >= 15 is 0 Å². The zero-order valence-corrected chi connectivity index (χ0v) is 11.9. The fourth-order valence-electron chi connectivity index (χ4n) is 1.88. The molecule has 2 rings (SSSR count). The molecule has 0 saturated heterocycles. The number of thiophene rings is 1. The third kappa shape index (κ3) is 2.85. The summed E-state index contributed by atoms with van der Waals surface area (Å²) in [5.41, 5.74) is 3.07. The number of rotatable bonds is 4. The number of anilines is 1. The molecule has 1 heterocycles. The summed E-state index contributed by atoms with van der Waals surface area (Å²) in [5, 5.41) is 13.1. The van der Waals surface area contributed by atoms with Crippen molar-refractivity contribution in [1.29, 1.82) is 0 Å². The van der Waals surface area contributed by atoms with Crippen molar-refractivity contribution < 1.29 is 5.11 Å². The number of benzene rings is 1. The van der Waals surface area contributed by atoms with Crippen molar-refractivity contribution in [3.63, 3.8) is 0 Å². The quantitative estimate of drug-likeness (QED) is 0.807. The molecule has 2 aromatic rings. The standard InChI is InChI=1S/C15H19NOS/c1-4-12-5-6-13(18-12)9-16-14-7-11(3)15(17)8-10(14)2/h5-8,16-17H,4,9H2,1-3H3. The second kappa shape index (κ2) is 5.44. The largest absolute Gasteiger partial charge is 0.508 e. The van der Waals surface area contributed by atoms with E-state index in [1.807, 2.05) is 37.3 Å². The zero-order valence-electron chi connectivity index (χ0n) is 11.1. The maximum atomic E-state index is 9.62. The zero-order chi connectivity index (χ0) is 13.1. The summed E-state index contributed by atoms with van der Waals surface area (Å²) >= 11 is 1.85. The van der Waals surface area contributed by atoms with Crippen LogP contribution in [0, 0.1) is 13.8 Å². The normalized spacial score (nSPS) is 10.6. The van der Waals surface area contributed by atoms with Crippen LogP contribution in [0.5, 0.6) is 5.75 Å². The molecule has 18 heavy (non-hydrogen) atoms. The first-order chi connectivity index (χ1) is 8.60. The van der Waals surface area contributed by atoms with Crippen LogP contribution >= 0.6 is 11.3 Å². The van der Waals surface area contributed by atoms with E-state index in [2.05, 4.69) is 24.4 Å². The molecule has 3 heteroatoms. The molecule has 0 bridgehead atoms. The third-order valence-electron chi connectivity index (χ3n) is 3.06.